The molecule has 0 radical (unpaired) electrons. The summed E-state index contributed by atoms with van der Waals surface area (Å²) in [5, 5.41) is 3.16. The predicted molar refractivity (Wildman–Crippen MR) is 111 cm³/mol. The van der Waals surface area contributed by atoms with Crippen molar-refractivity contribution in [2.24, 2.45) is 0 Å². The molecule has 0 unspecified atom stereocenters. The van der Waals surface area contributed by atoms with E-state index in [4.69, 9.17) is 9.47 Å². The lowest BCUT2D eigenvalue weighted by molar-refractivity contribution is 0.0602. The van der Waals surface area contributed by atoms with Crippen LogP contribution in [-0.4, -0.2) is 45.3 Å². The molecule has 1 aliphatic rings. The zero-order valence-electron chi connectivity index (χ0n) is 15.7. The van der Waals surface area contributed by atoms with Gasteiger partial charge in [-0.3, -0.25) is 4.79 Å². The van der Waals surface area contributed by atoms with Gasteiger partial charge in [0.2, 0.25) is 0 Å². The first-order chi connectivity index (χ1) is 14.1. The maximum Gasteiger partial charge on any atom is 0.340 e. The van der Waals surface area contributed by atoms with Gasteiger partial charge in [0.05, 0.1) is 36.5 Å². The van der Waals surface area contributed by atoms with E-state index in [-0.39, 0.29) is 11.4 Å². The molecule has 1 aromatic heterocycles. The van der Waals surface area contributed by atoms with E-state index in [0.29, 0.717) is 33.9 Å². The molecule has 0 spiro atoms. The summed E-state index contributed by atoms with van der Waals surface area (Å²) in [6, 6.07) is 11.5. The normalized spacial score (nSPS) is 14.1. The van der Waals surface area contributed by atoms with E-state index in [1.165, 1.54) is 30.6 Å². The van der Waals surface area contributed by atoms with Crippen LogP contribution in [0, 0.1) is 5.82 Å². The van der Waals surface area contributed by atoms with Crippen molar-refractivity contribution in [3.05, 3.63) is 58.7 Å². The number of nitrogens with one attached hydrogen (secondary N) is 1. The number of benzene rings is 2. The molecule has 1 fully saturated rings. The maximum atomic E-state index is 13.9. The van der Waals surface area contributed by atoms with Gasteiger partial charge in [-0.2, -0.15) is 0 Å². The van der Waals surface area contributed by atoms with E-state index in [0.717, 1.165) is 18.8 Å². The number of anilines is 2. The molecule has 4 rings (SSSR count). The number of fused-ring (bicyclic) bond motifs is 1. The molecule has 0 aliphatic carbocycles. The number of methoxy groups -OCH3 is 1. The van der Waals surface area contributed by atoms with Crippen molar-refractivity contribution in [1.82, 2.24) is 0 Å². The Bertz CT molecular complexity index is 1080. The molecule has 1 amide bonds. The number of nitrogens with zero attached hydrogens (tertiary/aromatic N) is 1. The molecule has 0 saturated carbocycles. The summed E-state index contributed by atoms with van der Waals surface area (Å²) < 4.78 is 24.9. The largest absolute Gasteiger partial charge is 0.465 e. The zero-order chi connectivity index (χ0) is 20.4. The first-order valence-corrected chi connectivity index (χ1v) is 9.93. The van der Waals surface area contributed by atoms with Crippen LogP contribution in [0.25, 0.3) is 10.1 Å². The number of carbonyl (C=O) groups excluding carboxylic acids is 2. The van der Waals surface area contributed by atoms with Crippen LogP contribution < -0.4 is 10.2 Å². The van der Waals surface area contributed by atoms with E-state index in [1.54, 1.807) is 24.3 Å². The predicted octanol–water partition coefficient (Wildman–Crippen LogP) is 3.92. The van der Waals surface area contributed by atoms with Gasteiger partial charge in [0.1, 0.15) is 5.82 Å². The lowest BCUT2D eigenvalue weighted by Gasteiger charge is -2.29. The fourth-order valence-corrected chi connectivity index (χ4v) is 4.23. The van der Waals surface area contributed by atoms with Gasteiger partial charge >= 0.3 is 5.97 Å². The van der Waals surface area contributed by atoms with Gasteiger partial charge in [0.25, 0.3) is 5.91 Å². The molecule has 2 aromatic carbocycles. The zero-order valence-corrected chi connectivity index (χ0v) is 16.6. The van der Waals surface area contributed by atoms with Crippen molar-refractivity contribution in [3.8, 4) is 0 Å². The van der Waals surface area contributed by atoms with E-state index >= 15 is 0 Å². The third-order valence-corrected chi connectivity index (χ3v) is 5.86. The summed E-state index contributed by atoms with van der Waals surface area (Å²) in [6.07, 6.45) is 0. The summed E-state index contributed by atoms with van der Waals surface area (Å²) in [5.41, 5.74) is 1.46. The van der Waals surface area contributed by atoms with E-state index in [1.807, 2.05) is 6.07 Å². The summed E-state index contributed by atoms with van der Waals surface area (Å²) in [5.74, 6) is -1.32. The summed E-state index contributed by atoms with van der Waals surface area (Å²) >= 11 is 1.19. The fourth-order valence-electron chi connectivity index (χ4n) is 3.26. The van der Waals surface area contributed by atoms with Crippen LogP contribution in [0.5, 0.6) is 0 Å². The Kier molecular flexibility index (Phi) is 5.46. The monoisotopic (exact) mass is 414 g/mol. The molecule has 1 saturated heterocycles. The first-order valence-electron chi connectivity index (χ1n) is 9.11. The Morgan fingerprint density at radius 1 is 1.17 bits per heavy atom. The molecule has 29 heavy (non-hydrogen) atoms. The second-order valence-corrected chi connectivity index (χ2v) is 7.62. The molecule has 150 valence electrons. The maximum absolute atomic E-state index is 13.9. The topological polar surface area (TPSA) is 67.9 Å². The Balaban J connectivity index is 1.63. The number of hydrogen-bond donors (Lipinski definition) is 1. The van der Waals surface area contributed by atoms with Crippen LogP contribution in [0.4, 0.5) is 15.8 Å². The van der Waals surface area contributed by atoms with Crippen LogP contribution in [0.1, 0.15) is 20.0 Å². The Morgan fingerprint density at radius 3 is 2.69 bits per heavy atom. The van der Waals surface area contributed by atoms with Crippen LogP contribution in [0.3, 0.4) is 0 Å². The minimum absolute atomic E-state index is 0.261. The van der Waals surface area contributed by atoms with Crippen molar-refractivity contribution >= 4 is 44.7 Å². The minimum atomic E-state index is -0.544. The number of esters is 1. The van der Waals surface area contributed by atoms with Gasteiger partial charge in [-0.15, -0.1) is 11.3 Å². The SMILES string of the molecule is COC(=O)c1cc(N2CCOCC2)ccc1NC(=O)c1cc2c(F)cccc2s1. The number of carbonyl (C=O) groups is 2. The van der Waals surface area contributed by atoms with Gasteiger partial charge in [-0.05, 0) is 36.4 Å². The number of amides is 1. The number of hydrogen-bond acceptors (Lipinski definition) is 6. The number of rotatable bonds is 4. The Hall–Kier alpha value is -2.97. The van der Waals surface area contributed by atoms with Crippen molar-refractivity contribution in [3.63, 3.8) is 0 Å². The third kappa shape index (κ3) is 3.94. The molecule has 0 atom stereocenters. The molecule has 0 bridgehead atoms. The number of thiophene rings is 1. The quantitative estimate of drug-likeness (QED) is 0.656. The van der Waals surface area contributed by atoms with Gasteiger partial charge in [-0.25, -0.2) is 9.18 Å². The van der Waals surface area contributed by atoms with E-state index in [2.05, 4.69) is 10.2 Å². The van der Waals surface area contributed by atoms with Crippen LogP contribution in [0.15, 0.2) is 42.5 Å². The minimum Gasteiger partial charge on any atom is -0.465 e. The second-order valence-electron chi connectivity index (χ2n) is 6.54. The Labute approximate surface area is 170 Å². The Morgan fingerprint density at radius 2 is 1.97 bits per heavy atom. The summed E-state index contributed by atoms with van der Waals surface area (Å²) in [7, 11) is 1.30. The average Bonchev–Trinajstić information content (AvgIpc) is 3.20. The lowest BCUT2D eigenvalue weighted by Crippen LogP contribution is -2.36. The van der Waals surface area contributed by atoms with Crippen molar-refractivity contribution < 1.29 is 23.5 Å². The molecule has 1 aliphatic heterocycles. The van der Waals surface area contributed by atoms with Crippen molar-refractivity contribution in [2.45, 2.75) is 0 Å². The first kappa shape index (κ1) is 19.4. The highest BCUT2D eigenvalue weighted by Crippen LogP contribution is 2.30. The molecular formula is C21H19FN2O4S. The van der Waals surface area contributed by atoms with E-state index < -0.39 is 11.9 Å². The molecule has 2 heterocycles. The van der Waals surface area contributed by atoms with Gasteiger partial charge in [-0.1, -0.05) is 6.07 Å². The molecular weight excluding hydrogens is 395 g/mol. The summed E-state index contributed by atoms with van der Waals surface area (Å²) in [4.78, 5) is 27.5. The van der Waals surface area contributed by atoms with Crippen LogP contribution in [-0.2, 0) is 9.47 Å². The third-order valence-electron chi connectivity index (χ3n) is 4.76. The standard InChI is InChI=1S/C21H19FN2O4S/c1-27-21(26)15-11-13(24-7-9-28-10-8-24)5-6-17(15)23-20(25)19-12-14-16(22)3-2-4-18(14)29-19/h2-6,11-12H,7-10H2,1H3,(H,23,25). The highest BCUT2D eigenvalue weighted by atomic mass is 32.1. The van der Waals surface area contributed by atoms with Crippen molar-refractivity contribution in [1.29, 1.82) is 0 Å². The summed E-state index contributed by atoms with van der Waals surface area (Å²) in [6.45, 7) is 2.68. The highest BCUT2D eigenvalue weighted by molar-refractivity contribution is 7.20. The van der Waals surface area contributed by atoms with Gasteiger partial charge in [0.15, 0.2) is 0 Å². The number of morpholine rings is 1. The fraction of sp³-hybridized carbons (Fsp3) is 0.238. The lowest BCUT2D eigenvalue weighted by atomic mass is 10.1. The number of halogens is 1. The second kappa shape index (κ2) is 8.18. The van der Waals surface area contributed by atoms with Crippen LogP contribution in [0.2, 0.25) is 0 Å². The van der Waals surface area contributed by atoms with Crippen molar-refractivity contribution in [2.75, 3.05) is 43.6 Å². The average molecular weight is 414 g/mol. The van der Waals surface area contributed by atoms with Gasteiger partial charge < -0.3 is 19.7 Å². The van der Waals surface area contributed by atoms with Gasteiger partial charge in [0, 0.05) is 28.9 Å². The highest BCUT2D eigenvalue weighted by Gasteiger charge is 2.20. The van der Waals surface area contributed by atoms with Crippen LogP contribution >= 0.6 is 11.3 Å². The molecule has 3 aromatic rings. The molecule has 8 heteroatoms. The molecule has 6 nitrogen and oxygen atoms in total. The smallest absolute Gasteiger partial charge is 0.340 e. The number of ether oxygens (including phenoxy) is 2. The van der Waals surface area contributed by atoms with E-state index in [9.17, 15) is 14.0 Å². The molecule has 1 N–H and O–H groups in total.